The van der Waals surface area contributed by atoms with Crippen molar-refractivity contribution in [3.05, 3.63) is 100 Å². The summed E-state index contributed by atoms with van der Waals surface area (Å²) in [6, 6.07) is 18.6. The Morgan fingerprint density at radius 1 is 0.968 bits per heavy atom. The Bertz CT molecular complexity index is 1250. The smallest absolute Gasteiger partial charge is 0.270 e. The fourth-order valence-electron chi connectivity index (χ4n) is 2.74. The van der Waals surface area contributed by atoms with E-state index in [4.69, 9.17) is 0 Å². The molecule has 0 bridgehead atoms. The molecule has 3 aromatic rings. The van der Waals surface area contributed by atoms with Crippen molar-refractivity contribution in [3.8, 4) is 0 Å². The van der Waals surface area contributed by atoms with Crippen molar-refractivity contribution >= 4 is 39.1 Å². The number of carbonyl (C=O) groups is 1. The highest BCUT2D eigenvalue weighted by Crippen LogP contribution is 2.19. The monoisotopic (exact) mass is 437 g/mol. The third-order valence-electron chi connectivity index (χ3n) is 4.21. The molecule has 2 N–H and O–H groups in total. The van der Waals surface area contributed by atoms with Crippen molar-refractivity contribution < 1.29 is 18.1 Å². The number of nitrogens with one attached hydrogen (secondary N) is 2. The van der Waals surface area contributed by atoms with Crippen molar-refractivity contribution in [1.82, 2.24) is 0 Å². The highest BCUT2D eigenvalue weighted by molar-refractivity contribution is 7.92. The van der Waals surface area contributed by atoms with E-state index >= 15 is 0 Å². The number of carbonyl (C=O) groups excluding carboxylic acids is 1. The summed E-state index contributed by atoms with van der Waals surface area (Å²) in [7, 11) is -3.76. The number of nitro benzene ring substituents is 1. The van der Waals surface area contributed by atoms with E-state index in [0.717, 1.165) is 5.56 Å². The van der Waals surface area contributed by atoms with E-state index in [0.29, 0.717) is 16.9 Å². The van der Waals surface area contributed by atoms with E-state index in [2.05, 4.69) is 10.0 Å². The third kappa shape index (κ3) is 6.00. The normalized spacial score (nSPS) is 11.3. The molecule has 0 heterocycles. The van der Waals surface area contributed by atoms with Crippen LogP contribution in [0.1, 0.15) is 11.1 Å². The predicted octanol–water partition coefficient (Wildman–Crippen LogP) is 4.36. The second kappa shape index (κ2) is 9.23. The number of non-ortho nitro benzene ring substituents is 1. The summed E-state index contributed by atoms with van der Waals surface area (Å²) in [5, 5.41) is 13.4. The SMILES string of the molecule is Cc1cccc(NS(=O)(=O)c2ccc(NC(=O)/C=C/c3cccc([N+](=O)[O-])c3)cc2)c1. The lowest BCUT2D eigenvalue weighted by atomic mass is 10.2. The fourth-order valence-corrected chi connectivity index (χ4v) is 3.79. The van der Waals surface area contributed by atoms with E-state index in [1.165, 1.54) is 54.6 Å². The van der Waals surface area contributed by atoms with Crippen molar-refractivity contribution in [2.24, 2.45) is 0 Å². The molecule has 0 fully saturated rings. The lowest BCUT2D eigenvalue weighted by Crippen LogP contribution is -2.13. The quantitative estimate of drug-likeness (QED) is 0.323. The van der Waals surface area contributed by atoms with Crippen LogP contribution in [0.4, 0.5) is 17.1 Å². The molecule has 0 saturated heterocycles. The molecule has 3 rings (SSSR count). The van der Waals surface area contributed by atoms with Gasteiger partial charge in [0.15, 0.2) is 0 Å². The third-order valence-corrected chi connectivity index (χ3v) is 5.61. The summed E-state index contributed by atoms with van der Waals surface area (Å²) in [4.78, 5) is 22.4. The number of benzene rings is 3. The average Bonchev–Trinajstić information content (AvgIpc) is 2.72. The Kier molecular flexibility index (Phi) is 6.46. The first-order chi connectivity index (χ1) is 14.7. The number of nitrogens with zero attached hydrogens (tertiary/aromatic N) is 1. The zero-order valence-electron chi connectivity index (χ0n) is 16.5. The Morgan fingerprint density at radius 3 is 2.35 bits per heavy atom. The van der Waals surface area contributed by atoms with Crippen LogP contribution in [0.2, 0.25) is 0 Å². The van der Waals surface area contributed by atoms with E-state index in [1.807, 2.05) is 13.0 Å². The summed E-state index contributed by atoms with van der Waals surface area (Å²) in [6.07, 6.45) is 2.69. The van der Waals surface area contributed by atoms with Gasteiger partial charge in [0.2, 0.25) is 5.91 Å². The standard InChI is InChI=1S/C22H19N3O5S/c1-16-4-2-6-19(14-16)24-31(29,30)21-11-9-18(10-12-21)23-22(26)13-8-17-5-3-7-20(15-17)25(27)28/h2-15,24H,1H3,(H,23,26)/b13-8+. The molecule has 0 spiro atoms. The number of rotatable bonds is 7. The van der Waals surface area contributed by atoms with Gasteiger partial charge in [-0.2, -0.15) is 0 Å². The van der Waals surface area contributed by atoms with Crippen LogP contribution in [0.3, 0.4) is 0 Å². The van der Waals surface area contributed by atoms with Gasteiger partial charge in [0.1, 0.15) is 0 Å². The van der Waals surface area contributed by atoms with E-state index in [9.17, 15) is 23.3 Å². The predicted molar refractivity (Wildman–Crippen MR) is 119 cm³/mol. The van der Waals surface area contributed by atoms with Gasteiger partial charge in [-0.3, -0.25) is 19.6 Å². The van der Waals surface area contributed by atoms with Crippen molar-refractivity contribution in [3.63, 3.8) is 0 Å². The zero-order chi connectivity index (χ0) is 22.4. The topological polar surface area (TPSA) is 118 Å². The van der Waals surface area contributed by atoms with Crippen molar-refractivity contribution in [2.45, 2.75) is 11.8 Å². The first-order valence-electron chi connectivity index (χ1n) is 9.16. The molecule has 0 saturated carbocycles. The number of hydrogen-bond donors (Lipinski definition) is 2. The van der Waals surface area contributed by atoms with Gasteiger partial charge in [-0.05, 0) is 60.5 Å². The van der Waals surface area contributed by atoms with Gasteiger partial charge in [-0.15, -0.1) is 0 Å². The molecule has 0 atom stereocenters. The molecular formula is C22H19N3O5S. The molecule has 0 radical (unpaired) electrons. The van der Waals surface area contributed by atoms with Gasteiger partial charge < -0.3 is 5.32 Å². The summed E-state index contributed by atoms with van der Waals surface area (Å²) in [5.74, 6) is -0.458. The maximum absolute atomic E-state index is 12.5. The van der Waals surface area contributed by atoms with Gasteiger partial charge in [0, 0.05) is 29.6 Å². The molecule has 8 nitrogen and oxygen atoms in total. The van der Waals surface area contributed by atoms with Gasteiger partial charge in [0.05, 0.1) is 9.82 Å². The van der Waals surface area contributed by atoms with E-state index in [-0.39, 0.29) is 10.6 Å². The summed E-state index contributed by atoms with van der Waals surface area (Å²) < 4.78 is 27.6. The van der Waals surface area contributed by atoms with Crippen LogP contribution in [0, 0.1) is 17.0 Å². The zero-order valence-corrected chi connectivity index (χ0v) is 17.3. The lowest BCUT2D eigenvalue weighted by molar-refractivity contribution is -0.384. The molecule has 0 aliphatic rings. The van der Waals surface area contributed by atoms with Crippen LogP contribution in [-0.2, 0) is 14.8 Å². The largest absolute Gasteiger partial charge is 0.323 e. The van der Waals surface area contributed by atoms with E-state index in [1.54, 1.807) is 24.3 Å². The van der Waals surface area contributed by atoms with Gasteiger partial charge in [-0.1, -0.05) is 24.3 Å². The van der Waals surface area contributed by atoms with Crippen LogP contribution in [0.25, 0.3) is 6.08 Å². The molecule has 9 heteroatoms. The highest BCUT2D eigenvalue weighted by atomic mass is 32.2. The highest BCUT2D eigenvalue weighted by Gasteiger charge is 2.14. The molecule has 1 amide bonds. The molecule has 0 aromatic heterocycles. The maximum Gasteiger partial charge on any atom is 0.270 e. The van der Waals surface area contributed by atoms with Gasteiger partial charge in [-0.25, -0.2) is 8.42 Å². The second-order valence-electron chi connectivity index (χ2n) is 6.67. The van der Waals surface area contributed by atoms with Crippen LogP contribution in [0.5, 0.6) is 0 Å². The molecule has 31 heavy (non-hydrogen) atoms. The summed E-state index contributed by atoms with van der Waals surface area (Å²) in [6.45, 7) is 1.86. The Hall–Kier alpha value is -3.98. The maximum atomic E-state index is 12.5. The molecule has 0 aliphatic heterocycles. The van der Waals surface area contributed by atoms with Crippen LogP contribution < -0.4 is 10.0 Å². The average molecular weight is 437 g/mol. The molecular weight excluding hydrogens is 418 g/mol. The number of amides is 1. The number of sulfonamides is 1. The van der Waals surface area contributed by atoms with Crippen LogP contribution in [-0.4, -0.2) is 19.2 Å². The van der Waals surface area contributed by atoms with Crippen molar-refractivity contribution in [1.29, 1.82) is 0 Å². The lowest BCUT2D eigenvalue weighted by Gasteiger charge is -2.09. The fraction of sp³-hybridized carbons (Fsp3) is 0.0455. The first-order valence-corrected chi connectivity index (χ1v) is 10.6. The molecule has 158 valence electrons. The Balaban J connectivity index is 1.65. The number of hydrogen-bond acceptors (Lipinski definition) is 5. The Labute approximate surface area is 179 Å². The summed E-state index contributed by atoms with van der Waals surface area (Å²) >= 11 is 0. The Morgan fingerprint density at radius 2 is 1.68 bits per heavy atom. The summed E-state index contributed by atoms with van der Waals surface area (Å²) in [5.41, 5.74) is 2.23. The van der Waals surface area contributed by atoms with E-state index < -0.39 is 20.9 Å². The molecule has 3 aromatic carbocycles. The number of nitro groups is 1. The van der Waals surface area contributed by atoms with Gasteiger partial charge in [0.25, 0.3) is 15.7 Å². The number of aryl methyl sites for hydroxylation is 1. The minimum absolute atomic E-state index is 0.0548. The number of anilines is 2. The molecule has 0 aliphatic carbocycles. The first kappa shape index (κ1) is 21.7. The van der Waals surface area contributed by atoms with Crippen LogP contribution >= 0.6 is 0 Å². The minimum Gasteiger partial charge on any atom is -0.323 e. The van der Waals surface area contributed by atoms with Crippen molar-refractivity contribution in [2.75, 3.05) is 10.0 Å². The minimum atomic E-state index is -3.76. The van der Waals surface area contributed by atoms with Gasteiger partial charge >= 0.3 is 0 Å². The second-order valence-corrected chi connectivity index (χ2v) is 8.36. The van der Waals surface area contributed by atoms with Crippen LogP contribution in [0.15, 0.2) is 83.8 Å². The molecule has 0 unspecified atom stereocenters.